The van der Waals surface area contributed by atoms with Crippen LogP contribution in [0.3, 0.4) is 0 Å². The van der Waals surface area contributed by atoms with E-state index >= 15 is 0 Å². The molecule has 0 saturated carbocycles. The normalized spacial score (nSPS) is 13.1. The highest BCUT2D eigenvalue weighted by atomic mass is 79.9. The lowest BCUT2D eigenvalue weighted by atomic mass is 10.0. The van der Waals surface area contributed by atoms with Crippen molar-refractivity contribution in [2.45, 2.75) is 26.2 Å². The van der Waals surface area contributed by atoms with Gasteiger partial charge in [-0.05, 0) is 69.7 Å². The summed E-state index contributed by atoms with van der Waals surface area (Å²) in [6, 6.07) is 2.20. The van der Waals surface area contributed by atoms with E-state index in [0.717, 1.165) is 25.3 Å². The molecule has 0 fully saturated rings. The van der Waals surface area contributed by atoms with Crippen LogP contribution in [0.5, 0.6) is 0 Å². The molecule has 1 atom stereocenters. The molecule has 0 spiro atoms. The number of thiophene rings is 1. The van der Waals surface area contributed by atoms with Crippen LogP contribution in [0.2, 0.25) is 0 Å². The third-order valence-corrected chi connectivity index (χ3v) is 5.56. The summed E-state index contributed by atoms with van der Waals surface area (Å²) < 4.78 is 2.36. The van der Waals surface area contributed by atoms with Crippen molar-refractivity contribution in [3.8, 4) is 0 Å². The van der Waals surface area contributed by atoms with Crippen molar-refractivity contribution >= 4 is 43.2 Å². The van der Waals surface area contributed by atoms with E-state index in [2.05, 4.69) is 44.8 Å². The minimum atomic E-state index is 0.736. The monoisotopic (exact) mass is 339 g/mol. The van der Waals surface area contributed by atoms with E-state index in [4.69, 9.17) is 5.73 Å². The summed E-state index contributed by atoms with van der Waals surface area (Å²) in [5, 5.41) is 0. The lowest BCUT2D eigenvalue weighted by molar-refractivity contribution is 0.501. The van der Waals surface area contributed by atoms with E-state index in [1.807, 2.05) is 11.3 Å². The molecule has 4 heteroatoms. The van der Waals surface area contributed by atoms with Crippen molar-refractivity contribution in [3.63, 3.8) is 0 Å². The summed E-state index contributed by atoms with van der Waals surface area (Å²) in [5.74, 6) is 0.736. The fourth-order valence-electron chi connectivity index (χ4n) is 1.33. The predicted octanol–water partition coefficient (Wildman–Crippen LogP) is 4.19. The van der Waals surface area contributed by atoms with Crippen LogP contribution in [-0.4, -0.2) is 6.54 Å². The van der Waals surface area contributed by atoms with Gasteiger partial charge in [0, 0.05) is 9.35 Å². The smallest absolute Gasteiger partial charge is 0.0843 e. The molecule has 0 aromatic carbocycles. The predicted molar refractivity (Wildman–Crippen MR) is 70.9 cm³/mol. The maximum absolute atomic E-state index is 5.51. The van der Waals surface area contributed by atoms with Gasteiger partial charge in [-0.2, -0.15) is 0 Å². The minimum absolute atomic E-state index is 0.736. The highest BCUT2D eigenvalue weighted by molar-refractivity contribution is 9.13. The van der Waals surface area contributed by atoms with Crippen LogP contribution < -0.4 is 5.73 Å². The van der Waals surface area contributed by atoms with Crippen LogP contribution >= 0.6 is 43.2 Å². The number of aryl methyl sites for hydroxylation is 1. The molecule has 1 nitrogen and oxygen atoms in total. The molecular weight excluding hydrogens is 326 g/mol. The molecule has 1 unspecified atom stereocenters. The molecule has 0 amide bonds. The first-order chi connectivity index (χ1) is 6.63. The molecule has 0 aliphatic heterocycles. The maximum Gasteiger partial charge on any atom is 0.0843 e. The maximum atomic E-state index is 5.51. The third kappa shape index (κ3) is 4.01. The molecule has 1 heterocycles. The van der Waals surface area contributed by atoms with Gasteiger partial charge in [0.2, 0.25) is 0 Å². The summed E-state index contributed by atoms with van der Waals surface area (Å²) >= 11 is 8.82. The van der Waals surface area contributed by atoms with Gasteiger partial charge in [0.25, 0.3) is 0 Å². The zero-order valence-electron chi connectivity index (χ0n) is 8.22. The average Bonchev–Trinajstić information content (AvgIpc) is 2.44. The molecule has 1 aromatic rings. The van der Waals surface area contributed by atoms with Crippen molar-refractivity contribution in [1.29, 1.82) is 0 Å². The Hall–Kier alpha value is 0.620. The van der Waals surface area contributed by atoms with Crippen molar-refractivity contribution in [2.75, 3.05) is 6.54 Å². The Kier molecular flexibility index (Phi) is 5.67. The lowest BCUT2D eigenvalue weighted by Crippen LogP contribution is -2.06. The largest absolute Gasteiger partial charge is 0.330 e. The Morgan fingerprint density at radius 2 is 2.14 bits per heavy atom. The Morgan fingerprint density at radius 3 is 2.64 bits per heavy atom. The molecule has 0 aliphatic carbocycles. The number of halogens is 2. The Bertz CT molecular complexity index is 266. The van der Waals surface area contributed by atoms with Crippen molar-refractivity contribution in [1.82, 2.24) is 0 Å². The second-order valence-corrected chi connectivity index (χ2v) is 6.86. The van der Waals surface area contributed by atoms with Gasteiger partial charge < -0.3 is 5.73 Å². The van der Waals surface area contributed by atoms with Crippen LogP contribution in [-0.2, 0) is 6.42 Å². The van der Waals surface area contributed by atoms with Gasteiger partial charge in [0.1, 0.15) is 0 Å². The molecule has 1 aromatic heterocycles. The van der Waals surface area contributed by atoms with Crippen molar-refractivity contribution < 1.29 is 0 Å². The fourth-order valence-corrected chi connectivity index (χ4v) is 3.52. The van der Waals surface area contributed by atoms with Gasteiger partial charge in [-0.1, -0.05) is 6.92 Å². The molecular formula is C10H15Br2NS. The summed E-state index contributed by atoms with van der Waals surface area (Å²) in [5.41, 5.74) is 5.51. The average molecular weight is 341 g/mol. The van der Waals surface area contributed by atoms with Gasteiger partial charge in [-0.3, -0.25) is 0 Å². The van der Waals surface area contributed by atoms with E-state index in [-0.39, 0.29) is 0 Å². The summed E-state index contributed by atoms with van der Waals surface area (Å²) in [6.07, 6.45) is 3.53. The zero-order valence-corrected chi connectivity index (χ0v) is 12.2. The van der Waals surface area contributed by atoms with Crippen molar-refractivity contribution in [2.24, 2.45) is 11.7 Å². The van der Waals surface area contributed by atoms with Crippen LogP contribution in [0.15, 0.2) is 14.3 Å². The van der Waals surface area contributed by atoms with Gasteiger partial charge in [0.15, 0.2) is 0 Å². The van der Waals surface area contributed by atoms with E-state index in [1.54, 1.807) is 0 Å². The summed E-state index contributed by atoms with van der Waals surface area (Å²) in [7, 11) is 0. The molecule has 0 bridgehead atoms. The first kappa shape index (κ1) is 12.7. The summed E-state index contributed by atoms with van der Waals surface area (Å²) in [6.45, 7) is 3.07. The highest BCUT2D eigenvalue weighted by Gasteiger charge is 2.06. The molecule has 0 radical (unpaired) electrons. The Morgan fingerprint density at radius 1 is 1.43 bits per heavy atom. The van der Waals surface area contributed by atoms with Crippen LogP contribution in [0.1, 0.15) is 24.6 Å². The number of nitrogens with two attached hydrogens (primary N) is 1. The Labute approximate surface area is 106 Å². The first-order valence-electron chi connectivity index (χ1n) is 4.77. The van der Waals surface area contributed by atoms with Crippen LogP contribution in [0.4, 0.5) is 0 Å². The molecule has 14 heavy (non-hydrogen) atoms. The number of hydrogen-bond acceptors (Lipinski definition) is 2. The standard InChI is InChI=1S/C10H15Br2NS/c1-7(4-5-13)2-3-8-6-9(11)10(12)14-8/h6-7H,2-5,13H2,1H3. The highest BCUT2D eigenvalue weighted by Crippen LogP contribution is 2.33. The van der Waals surface area contributed by atoms with E-state index < -0.39 is 0 Å². The van der Waals surface area contributed by atoms with Gasteiger partial charge >= 0.3 is 0 Å². The number of hydrogen-bond donors (Lipinski definition) is 1. The SMILES string of the molecule is CC(CCN)CCc1cc(Br)c(Br)s1. The number of rotatable bonds is 5. The second-order valence-electron chi connectivity index (χ2n) is 3.56. The fraction of sp³-hybridized carbons (Fsp3) is 0.600. The lowest BCUT2D eigenvalue weighted by Gasteiger charge is -2.07. The van der Waals surface area contributed by atoms with Crippen LogP contribution in [0.25, 0.3) is 0 Å². The molecule has 1 rings (SSSR count). The quantitative estimate of drug-likeness (QED) is 0.854. The second kappa shape index (κ2) is 6.26. The molecule has 80 valence electrons. The van der Waals surface area contributed by atoms with Gasteiger partial charge in [-0.15, -0.1) is 11.3 Å². The first-order valence-corrected chi connectivity index (χ1v) is 7.17. The van der Waals surface area contributed by atoms with Crippen LogP contribution in [0, 0.1) is 5.92 Å². The topological polar surface area (TPSA) is 26.0 Å². The zero-order chi connectivity index (χ0) is 10.6. The van der Waals surface area contributed by atoms with E-state index in [9.17, 15) is 0 Å². The molecule has 0 aliphatic rings. The van der Waals surface area contributed by atoms with E-state index in [0.29, 0.717) is 0 Å². The third-order valence-electron chi connectivity index (χ3n) is 2.24. The molecule has 2 N–H and O–H groups in total. The Balaban J connectivity index is 2.38. The van der Waals surface area contributed by atoms with E-state index in [1.165, 1.54) is 19.6 Å². The minimum Gasteiger partial charge on any atom is -0.330 e. The van der Waals surface area contributed by atoms with Gasteiger partial charge in [0.05, 0.1) is 3.79 Å². The summed E-state index contributed by atoms with van der Waals surface area (Å²) in [4.78, 5) is 1.44. The molecule has 0 saturated heterocycles. The van der Waals surface area contributed by atoms with Gasteiger partial charge in [-0.25, -0.2) is 0 Å². The van der Waals surface area contributed by atoms with Crippen molar-refractivity contribution in [3.05, 3.63) is 19.2 Å².